The summed E-state index contributed by atoms with van der Waals surface area (Å²) in [4.78, 5) is 37.4. The number of piperidine rings is 1. The highest BCUT2D eigenvalue weighted by molar-refractivity contribution is 6.36. The number of primary amides is 1. The summed E-state index contributed by atoms with van der Waals surface area (Å²) in [7, 11) is 0. The van der Waals surface area contributed by atoms with Gasteiger partial charge in [0.2, 0.25) is 0 Å². The van der Waals surface area contributed by atoms with Gasteiger partial charge in [0, 0.05) is 28.9 Å². The van der Waals surface area contributed by atoms with Crippen molar-refractivity contribution in [3.05, 3.63) is 64.5 Å². The van der Waals surface area contributed by atoms with Gasteiger partial charge in [0.25, 0.3) is 5.91 Å². The zero-order valence-corrected chi connectivity index (χ0v) is 18.4. The van der Waals surface area contributed by atoms with E-state index in [4.69, 9.17) is 10.5 Å². The van der Waals surface area contributed by atoms with Gasteiger partial charge in [-0.1, -0.05) is 18.2 Å². The van der Waals surface area contributed by atoms with Crippen molar-refractivity contribution in [2.45, 2.75) is 25.9 Å². The highest BCUT2D eigenvalue weighted by atomic mass is 19.1. The number of benzene rings is 2. The molecule has 0 radical (unpaired) electrons. The van der Waals surface area contributed by atoms with E-state index in [1.54, 1.807) is 6.07 Å². The van der Waals surface area contributed by atoms with Crippen LogP contribution in [0.2, 0.25) is 0 Å². The first-order valence-corrected chi connectivity index (χ1v) is 11.2. The molecular formula is C25H24FN3O5. The van der Waals surface area contributed by atoms with E-state index in [1.165, 1.54) is 12.1 Å². The summed E-state index contributed by atoms with van der Waals surface area (Å²) in [6.07, 6.45) is 1.03. The number of amides is 2. The number of ether oxygens (including phenoxy) is 2. The minimum Gasteiger partial charge on any atom is -0.487 e. The molecule has 3 aliphatic heterocycles. The lowest BCUT2D eigenvalue weighted by molar-refractivity contribution is -0.143. The van der Waals surface area contributed by atoms with E-state index in [-0.39, 0.29) is 11.8 Å². The number of hydrogen-bond donors (Lipinski definition) is 2. The van der Waals surface area contributed by atoms with Gasteiger partial charge < -0.3 is 25.4 Å². The fourth-order valence-corrected chi connectivity index (χ4v) is 4.80. The van der Waals surface area contributed by atoms with Crippen LogP contribution in [-0.2, 0) is 32.1 Å². The molecular weight excluding hydrogens is 441 g/mol. The van der Waals surface area contributed by atoms with Crippen LogP contribution >= 0.6 is 0 Å². The average molecular weight is 465 g/mol. The van der Waals surface area contributed by atoms with Crippen LogP contribution in [0.1, 0.15) is 35.1 Å². The molecule has 2 amide bonds. The fraction of sp³-hybridized carbons (Fsp3) is 0.320. The molecule has 0 bridgehead atoms. The number of fused-ring (bicyclic) bond motifs is 2. The van der Waals surface area contributed by atoms with Crippen LogP contribution in [0.3, 0.4) is 0 Å². The lowest BCUT2D eigenvalue weighted by atomic mass is 9.96. The molecule has 2 aromatic carbocycles. The lowest BCUT2D eigenvalue weighted by Crippen LogP contribution is -2.38. The van der Waals surface area contributed by atoms with Crippen LogP contribution in [0.5, 0.6) is 0 Å². The van der Waals surface area contributed by atoms with Gasteiger partial charge in [-0.25, -0.2) is 9.18 Å². The van der Waals surface area contributed by atoms with Crippen molar-refractivity contribution in [2.24, 2.45) is 11.7 Å². The topological polar surface area (TPSA) is 111 Å². The molecule has 34 heavy (non-hydrogen) atoms. The Labute approximate surface area is 195 Å². The quantitative estimate of drug-likeness (QED) is 0.408. The van der Waals surface area contributed by atoms with Gasteiger partial charge in [0.15, 0.2) is 0 Å². The third-order valence-electron chi connectivity index (χ3n) is 6.58. The Morgan fingerprint density at radius 3 is 2.71 bits per heavy atom. The SMILES string of the molecule is NC(=O)OC(=O)C1CCN(CCc2ccc3c(c2)COC3=C2C(=O)Nc3ccc(F)cc32)CC1. The number of esters is 1. The van der Waals surface area contributed by atoms with Crippen LogP contribution in [0.4, 0.5) is 14.9 Å². The number of anilines is 1. The highest BCUT2D eigenvalue weighted by Crippen LogP contribution is 2.42. The van der Waals surface area contributed by atoms with Gasteiger partial charge in [-0.2, -0.15) is 0 Å². The van der Waals surface area contributed by atoms with Crippen molar-refractivity contribution in [1.29, 1.82) is 0 Å². The standard InChI is InChI=1S/C25H24FN3O5/c26-17-2-4-20-19(12-17)21(23(30)28-20)22-18-3-1-14(11-16(18)13-33-22)5-8-29-9-6-15(7-10-29)24(31)34-25(27)32/h1-4,11-12,15H,5-10,13H2,(H2,27,32)(H,28,30). The van der Waals surface area contributed by atoms with E-state index in [9.17, 15) is 18.8 Å². The normalized spacial score (nSPS) is 19.9. The van der Waals surface area contributed by atoms with Crippen LogP contribution in [-0.4, -0.2) is 42.5 Å². The number of halogens is 1. The largest absolute Gasteiger partial charge is 0.487 e. The zero-order valence-electron chi connectivity index (χ0n) is 18.4. The summed E-state index contributed by atoms with van der Waals surface area (Å²) in [6, 6.07) is 10.3. The predicted octanol–water partition coefficient (Wildman–Crippen LogP) is 3.05. The molecule has 0 aromatic heterocycles. The zero-order chi connectivity index (χ0) is 23.8. The fourth-order valence-electron chi connectivity index (χ4n) is 4.80. The molecule has 0 spiro atoms. The number of carbonyl (C=O) groups is 3. The first-order valence-electron chi connectivity index (χ1n) is 11.2. The average Bonchev–Trinajstić information content (AvgIpc) is 3.36. The predicted molar refractivity (Wildman–Crippen MR) is 122 cm³/mol. The van der Waals surface area contributed by atoms with Gasteiger partial charge >= 0.3 is 12.1 Å². The second-order valence-electron chi connectivity index (χ2n) is 8.73. The van der Waals surface area contributed by atoms with Crippen LogP contribution in [0.15, 0.2) is 36.4 Å². The highest BCUT2D eigenvalue weighted by Gasteiger charge is 2.33. The van der Waals surface area contributed by atoms with Crippen molar-refractivity contribution in [2.75, 3.05) is 25.0 Å². The Morgan fingerprint density at radius 1 is 1.15 bits per heavy atom. The van der Waals surface area contributed by atoms with Crippen molar-refractivity contribution in [1.82, 2.24) is 4.90 Å². The number of carbonyl (C=O) groups excluding carboxylic acids is 3. The molecule has 3 heterocycles. The Bertz CT molecular complexity index is 1220. The van der Waals surface area contributed by atoms with Crippen LogP contribution in [0.25, 0.3) is 11.3 Å². The Kier molecular flexibility index (Phi) is 5.79. The molecule has 0 saturated carbocycles. The summed E-state index contributed by atoms with van der Waals surface area (Å²) < 4.78 is 24.2. The molecule has 5 rings (SSSR count). The minimum atomic E-state index is -1.06. The van der Waals surface area contributed by atoms with E-state index in [0.717, 1.165) is 42.7 Å². The summed E-state index contributed by atoms with van der Waals surface area (Å²) in [5.41, 5.74) is 9.35. The molecule has 8 nitrogen and oxygen atoms in total. The summed E-state index contributed by atoms with van der Waals surface area (Å²) in [5.74, 6) is -1.06. The Morgan fingerprint density at radius 2 is 1.94 bits per heavy atom. The number of nitrogens with two attached hydrogens (primary N) is 1. The Balaban J connectivity index is 1.24. The molecule has 3 aliphatic rings. The van der Waals surface area contributed by atoms with Crippen LogP contribution in [0, 0.1) is 11.7 Å². The summed E-state index contributed by atoms with van der Waals surface area (Å²) >= 11 is 0. The number of nitrogens with one attached hydrogen (secondary N) is 1. The number of hydrogen-bond acceptors (Lipinski definition) is 6. The number of nitrogens with zero attached hydrogens (tertiary/aromatic N) is 1. The summed E-state index contributed by atoms with van der Waals surface area (Å²) in [6.45, 7) is 2.68. The second-order valence-corrected chi connectivity index (χ2v) is 8.73. The molecule has 9 heteroatoms. The maximum absolute atomic E-state index is 13.8. The van der Waals surface area contributed by atoms with Gasteiger partial charge in [-0.05, 0) is 56.1 Å². The van der Waals surface area contributed by atoms with Gasteiger partial charge in [-0.15, -0.1) is 0 Å². The lowest BCUT2D eigenvalue weighted by Gasteiger charge is -2.30. The smallest absolute Gasteiger partial charge is 0.412 e. The molecule has 2 aromatic rings. The molecule has 176 valence electrons. The molecule has 1 fully saturated rings. The molecule has 0 aliphatic carbocycles. The van der Waals surface area contributed by atoms with Gasteiger partial charge in [-0.3, -0.25) is 9.59 Å². The van der Waals surface area contributed by atoms with Gasteiger partial charge in [0.1, 0.15) is 18.2 Å². The third kappa shape index (κ3) is 4.26. The van der Waals surface area contributed by atoms with E-state index in [0.29, 0.717) is 42.0 Å². The Hall–Kier alpha value is -3.72. The van der Waals surface area contributed by atoms with E-state index >= 15 is 0 Å². The van der Waals surface area contributed by atoms with E-state index < -0.39 is 17.9 Å². The first-order chi connectivity index (χ1) is 16.4. The van der Waals surface area contributed by atoms with Crippen molar-refractivity contribution >= 4 is 35.0 Å². The van der Waals surface area contributed by atoms with E-state index in [2.05, 4.69) is 21.0 Å². The van der Waals surface area contributed by atoms with Crippen molar-refractivity contribution in [3.8, 4) is 0 Å². The summed E-state index contributed by atoms with van der Waals surface area (Å²) in [5, 5.41) is 2.77. The number of rotatable bonds is 4. The van der Waals surface area contributed by atoms with Gasteiger partial charge in [0.05, 0.1) is 11.5 Å². The molecule has 3 N–H and O–H groups in total. The monoisotopic (exact) mass is 465 g/mol. The minimum absolute atomic E-state index is 0.293. The van der Waals surface area contributed by atoms with Crippen molar-refractivity contribution in [3.63, 3.8) is 0 Å². The van der Waals surface area contributed by atoms with Crippen LogP contribution < -0.4 is 11.1 Å². The molecule has 0 atom stereocenters. The first kappa shape index (κ1) is 22.1. The number of likely N-dealkylation sites (tertiary alicyclic amines) is 1. The molecule has 0 unspecified atom stereocenters. The molecule has 1 saturated heterocycles. The van der Waals surface area contributed by atoms with E-state index in [1.807, 2.05) is 12.1 Å². The second kappa shape index (κ2) is 8.90. The maximum atomic E-state index is 13.8. The van der Waals surface area contributed by atoms with Crippen molar-refractivity contribution < 1.29 is 28.2 Å². The third-order valence-corrected chi connectivity index (χ3v) is 6.58. The maximum Gasteiger partial charge on any atom is 0.412 e.